The van der Waals surface area contributed by atoms with Crippen LogP contribution >= 0.6 is 0 Å². The van der Waals surface area contributed by atoms with Gasteiger partial charge in [-0.3, -0.25) is 10.1 Å². The van der Waals surface area contributed by atoms with E-state index in [9.17, 15) is 20.0 Å². The molecule has 7 heteroatoms. The van der Waals surface area contributed by atoms with Crippen LogP contribution < -0.4 is 10.1 Å². The average Bonchev–Trinajstić information content (AvgIpc) is 2.68. The van der Waals surface area contributed by atoms with Crippen LogP contribution in [-0.2, 0) is 0 Å². The topological polar surface area (TPSA) is 102 Å². The van der Waals surface area contributed by atoms with Gasteiger partial charge in [0.15, 0.2) is 11.4 Å². The van der Waals surface area contributed by atoms with E-state index in [1.54, 1.807) is 36.4 Å². The first-order chi connectivity index (χ1) is 13.4. The molecule has 0 aliphatic heterocycles. The van der Waals surface area contributed by atoms with Crippen molar-refractivity contribution in [3.63, 3.8) is 0 Å². The van der Waals surface area contributed by atoms with E-state index >= 15 is 0 Å². The van der Waals surface area contributed by atoms with E-state index in [-0.39, 0.29) is 23.0 Å². The molecule has 1 aliphatic carbocycles. The summed E-state index contributed by atoms with van der Waals surface area (Å²) in [5, 5.41) is 24.7. The highest BCUT2D eigenvalue weighted by atomic mass is 16.6. The van der Waals surface area contributed by atoms with Gasteiger partial charge in [-0.2, -0.15) is 0 Å². The zero-order chi connectivity index (χ0) is 20.1. The number of rotatable bonds is 6. The number of benzene rings is 2. The van der Waals surface area contributed by atoms with E-state index in [1.807, 2.05) is 6.92 Å². The van der Waals surface area contributed by atoms with E-state index in [1.165, 1.54) is 12.1 Å². The Kier molecular flexibility index (Phi) is 5.94. The molecule has 0 saturated heterocycles. The number of carbonyl (C=O) groups excluding carboxylic acids is 1. The third-order valence-corrected chi connectivity index (χ3v) is 5.16. The van der Waals surface area contributed by atoms with Crippen LogP contribution in [0.15, 0.2) is 48.5 Å². The molecule has 3 rings (SSSR count). The number of nitro groups is 1. The van der Waals surface area contributed by atoms with Crippen molar-refractivity contribution in [2.45, 2.75) is 38.2 Å². The molecule has 2 aromatic carbocycles. The summed E-state index contributed by atoms with van der Waals surface area (Å²) in [4.78, 5) is 23.3. The summed E-state index contributed by atoms with van der Waals surface area (Å²) in [7, 11) is 0. The molecule has 7 nitrogen and oxygen atoms in total. The minimum atomic E-state index is -0.633. The Morgan fingerprint density at radius 1 is 1.21 bits per heavy atom. The fourth-order valence-electron chi connectivity index (χ4n) is 3.42. The Labute approximate surface area is 163 Å². The number of nitro benzene ring substituents is 1. The summed E-state index contributed by atoms with van der Waals surface area (Å²) in [5.74, 6) is -0.151. The quantitative estimate of drug-likeness (QED) is 0.335. The van der Waals surface area contributed by atoms with E-state index in [0.29, 0.717) is 24.9 Å². The number of carbonyl (C=O) groups is 1. The van der Waals surface area contributed by atoms with E-state index < -0.39 is 16.5 Å². The standard InChI is InChI=1S/C21H24N2O5/c1-21(25)12-10-15(11-13-21)14-22-19-17(23(26)27)8-5-9-18(19)28-20(24)16-6-3-2-4-7-16/h2-9,15,22,25H,10-14H2,1H3. The number of ether oxygens (including phenoxy) is 1. The maximum absolute atomic E-state index is 12.4. The molecular formula is C21H24N2O5. The number of hydrogen-bond donors (Lipinski definition) is 2. The first kappa shape index (κ1) is 19.8. The number of aliphatic hydroxyl groups is 1. The molecule has 2 aromatic rings. The van der Waals surface area contributed by atoms with E-state index in [0.717, 1.165) is 12.8 Å². The molecule has 0 atom stereocenters. The van der Waals surface area contributed by atoms with Gasteiger partial charge >= 0.3 is 5.97 Å². The predicted molar refractivity (Wildman–Crippen MR) is 106 cm³/mol. The number of anilines is 1. The van der Waals surface area contributed by atoms with Crippen molar-refractivity contribution in [3.05, 3.63) is 64.2 Å². The molecule has 0 aromatic heterocycles. The Bertz CT molecular complexity index is 841. The second-order valence-corrected chi connectivity index (χ2v) is 7.48. The minimum absolute atomic E-state index is 0.130. The number of esters is 1. The van der Waals surface area contributed by atoms with Gasteiger partial charge in [-0.05, 0) is 56.7 Å². The second kappa shape index (κ2) is 8.39. The monoisotopic (exact) mass is 384 g/mol. The van der Waals surface area contributed by atoms with Gasteiger partial charge in [-0.25, -0.2) is 4.79 Å². The van der Waals surface area contributed by atoms with Crippen molar-refractivity contribution in [1.82, 2.24) is 0 Å². The molecule has 2 N–H and O–H groups in total. The Morgan fingerprint density at radius 2 is 1.89 bits per heavy atom. The Morgan fingerprint density at radius 3 is 2.54 bits per heavy atom. The molecule has 0 amide bonds. The molecule has 0 unspecified atom stereocenters. The predicted octanol–water partition coefficient (Wildman–Crippen LogP) is 4.17. The van der Waals surface area contributed by atoms with Crippen molar-refractivity contribution in [1.29, 1.82) is 0 Å². The molecule has 0 spiro atoms. The van der Waals surface area contributed by atoms with Gasteiger partial charge < -0.3 is 15.2 Å². The summed E-state index contributed by atoms with van der Waals surface area (Å²) in [6.07, 6.45) is 3.07. The van der Waals surface area contributed by atoms with Gasteiger partial charge in [0.2, 0.25) is 0 Å². The fraction of sp³-hybridized carbons (Fsp3) is 0.381. The van der Waals surface area contributed by atoms with Crippen LogP contribution in [0.25, 0.3) is 0 Å². The summed E-state index contributed by atoms with van der Waals surface area (Å²) in [6, 6.07) is 12.9. The molecular weight excluding hydrogens is 360 g/mol. The van der Waals surface area contributed by atoms with E-state index in [4.69, 9.17) is 4.74 Å². The molecule has 0 bridgehead atoms. The lowest BCUT2D eigenvalue weighted by Gasteiger charge is -2.33. The van der Waals surface area contributed by atoms with Gasteiger partial charge in [-0.1, -0.05) is 24.3 Å². The van der Waals surface area contributed by atoms with Gasteiger partial charge in [0.25, 0.3) is 5.69 Å². The third-order valence-electron chi connectivity index (χ3n) is 5.16. The summed E-state index contributed by atoms with van der Waals surface area (Å²) in [5.41, 5.74) is -0.198. The SMILES string of the molecule is CC1(O)CCC(CNc2c(OC(=O)c3ccccc3)cccc2[N+](=O)[O-])CC1. The maximum Gasteiger partial charge on any atom is 0.343 e. The zero-order valence-electron chi connectivity index (χ0n) is 15.8. The van der Waals surface area contributed by atoms with Crippen LogP contribution in [0.5, 0.6) is 5.75 Å². The highest BCUT2D eigenvalue weighted by Crippen LogP contribution is 2.37. The summed E-state index contributed by atoms with van der Waals surface area (Å²) < 4.78 is 5.45. The lowest BCUT2D eigenvalue weighted by Crippen LogP contribution is -2.32. The molecule has 1 saturated carbocycles. The highest BCUT2D eigenvalue weighted by molar-refractivity contribution is 5.92. The lowest BCUT2D eigenvalue weighted by atomic mass is 9.80. The van der Waals surface area contributed by atoms with Crippen molar-refractivity contribution in [2.75, 3.05) is 11.9 Å². The fourth-order valence-corrected chi connectivity index (χ4v) is 3.42. The van der Waals surface area contributed by atoms with Gasteiger partial charge in [0, 0.05) is 12.6 Å². The summed E-state index contributed by atoms with van der Waals surface area (Å²) in [6.45, 7) is 2.34. The molecule has 1 fully saturated rings. The lowest BCUT2D eigenvalue weighted by molar-refractivity contribution is -0.384. The van der Waals surface area contributed by atoms with Crippen LogP contribution in [-0.4, -0.2) is 28.1 Å². The minimum Gasteiger partial charge on any atom is -0.420 e. The van der Waals surface area contributed by atoms with Crippen molar-refractivity contribution in [3.8, 4) is 5.75 Å². The van der Waals surface area contributed by atoms with Crippen molar-refractivity contribution < 1.29 is 19.6 Å². The second-order valence-electron chi connectivity index (χ2n) is 7.48. The number of para-hydroxylation sites is 1. The highest BCUT2D eigenvalue weighted by Gasteiger charge is 2.29. The summed E-state index contributed by atoms with van der Waals surface area (Å²) >= 11 is 0. The Balaban J connectivity index is 1.76. The first-order valence-electron chi connectivity index (χ1n) is 9.36. The molecule has 1 aliphatic rings. The van der Waals surface area contributed by atoms with Crippen molar-refractivity contribution >= 4 is 17.3 Å². The average molecular weight is 384 g/mol. The third kappa shape index (κ3) is 4.86. The number of hydrogen-bond acceptors (Lipinski definition) is 6. The molecule has 0 heterocycles. The molecule has 28 heavy (non-hydrogen) atoms. The Hall–Kier alpha value is -2.93. The van der Waals surface area contributed by atoms with Gasteiger partial charge in [-0.15, -0.1) is 0 Å². The van der Waals surface area contributed by atoms with Crippen LogP contribution in [0.3, 0.4) is 0 Å². The first-order valence-corrected chi connectivity index (χ1v) is 9.36. The largest absolute Gasteiger partial charge is 0.420 e. The zero-order valence-corrected chi connectivity index (χ0v) is 15.8. The normalized spacial score (nSPS) is 21.7. The van der Waals surface area contributed by atoms with Crippen LogP contribution in [0.2, 0.25) is 0 Å². The maximum atomic E-state index is 12.4. The van der Waals surface area contributed by atoms with Gasteiger partial charge in [0.1, 0.15) is 0 Å². The smallest absolute Gasteiger partial charge is 0.343 e. The number of nitrogens with zero attached hydrogens (tertiary/aromatic N) is 1. The molecule has 148 valence electrons. The van der Waals surface area contributed by atoms with Gasteiger partial charge in [0.05, 0.1) is 16.1 Å². The van der Waals surface area contributed by atoms with Crippen molar-refractivity contribution in [2.24, 2.45) is 5.92 Å². The number of nitrogens with one attached hydrogen (secondary N) is 1. The van der Waals surface area contributed by atoms with E-state index in [2.05, 4.69) is 5.32 Å². The van der Waals surface area contributed by atoms with Crippen LogP contribution in [0.1, 0.15) is 43.0 Å². The molecule has 0 radical (unpaired) electrons. The van der Waals surface area contributed by atoms with Crippen LogP contribution in [0, 0.1) is 16.0 Å². The van der Waals surface area contributed by atoms with Crippen LogP contribution in [0.4, 0.5) is 11.4 Å².